The molecule has 0 bridgehead atoms. The normalized spacial score (nSPS) is 11.8. The van der Waals surface area contributed by atoms with Gasteiger partial charge in [0, 0.05) is 66.2 Å². The second-order valence-electron chi connectivity index (χ2n) is 20.8. The third kappa shape index (κ3) is 7.45. The van der Waals surface area contributed by atoms with Crippen molar-refractivity contribution in [3.63, 3.8) is 0 Å². The Morgan fingerprint density at radius 3 is 1.04 bits per heavy atom. The zero-order valence-corrected chi connectivity index (χ0v) is 43.4. The zero-order chi connectivity index (χ0) is 52.7. The minimum atomic E-state index is 0.887. The van der Waals surface area contributed by atoms with Crippen LogP contribution in [-0.2, 0) is 0 Å². The minimum Gasteiger partial charge on any atom is -0.455 e. The number of rotatable bonds is 10. The van der Waals surface area contributed by atoms with Crippen LogP contribution in [-0.4, -0.2) is 0 Å². The van der Waals surface area contributed by atoms with Gasteiger partial charge in [-0.15, -0.1) is 0 Å². The van der Waals surface area contributed by atoms with Gasteiger partial charge >= 0.3 is 0 Å². The molecule has 14 aromatic carbocycles. The highest BCUT2D eigenvalue weighted by atomic mass is 16.3. The third-order valence-corrected chi connectivity index (χ3v) is 16.2. The van der Waals surface area contributed by atoms with E-state index in [9.17, 15) is 0 Å². The minimum absolute atomic E-state index is 0.887. The molecule has 0 unspecified atom stereocenters. The standard InChI is InChI=1S/C76H48N2O2/c1-3-15-49(16-4-1)51-31-39-57(40-32-51)77(59-21-11-19-55(47-59)61-25-13-27-65-63-23-7-9-29-71(63)79-75(61)65)69-45-37-53-36-44-68-70(46-38-54-35-43-67(69)73(53)74(54)68)78(58-41-33-52(34-42-58)50-17-5-2-6-18-50)60-22-12-20-56(48-60)62-26-14-28-66-64-24-8-10-30-72(64)80-76(62)66/h1-48H. The van der Waals surface area contributed by atoms with Crippen molar-refractivity contribution >= 4 is 110 Å². The van der Waals surface area contributed by atoms with E-state index in [-0.39, 0.29) is 0 Å². The molecule has 0 N–H and O–H groups in total. The highest BCUT2D eigenvalue weighted by Crippen LogP contribution is 2.49. The van der Waals surface area contributed by atoms with Gasteiger partial charge in [-0.1, -0.05) is 218 Å². The maximum atomic E-state index is 6.62. The molecule has 4 heteroatoms. The van der Waals surface area contributed by atoms with Crippen LogP contribution in [0.1, 0.15) is 0 Å². The Morgan fingerprint density at radius 1 is 0.225 bits per heavy atom. The van der Waals surface area contributed by atoms with E-state index >= 15 is 0 Å². The monoisotopic (exact) mass is 1020 g/mol. The molecule has 374 valence electrons. The van der Waals surface area contributed by atoms with Crippen LogP contribution < -0.4 is 9.80 Å². The Balaban J connectivity index is 0.886. The first-order chi connectivity index (χ1) is 39.7. The number of nitrogens with zero attached hydrogens (tertiary/aromatic N) is 2. The SMILES string of the molecule is c1ccc(-c2ccc(N(c3cccc(-c4cccc5c4oc4ccccc45)c3)c3ccc4ccc5c(N(c6ccc(-c7ccccc7)cc6)c6cccc(-c7cccc8c7oc7ccccc78)c6)ccc6ccc3c4c65)cc2)cc1. The molecule has 2 aromatic heterocycles. The van der Waals surface area contributed by atoms with Crippen LogP contribution in [0, 0.1) is 0 Å². The summed E-state index contributed by atoms with van der Waals surface area (Å²) in [5.41, 5.74) is 18.9. The Kier molecular flexibility index (Phi) is 10.5. The summed E-state index contributed by atoms with van der Waals surface area (Å²) in [5, 5.41) is 11.6. The van der Waals surface area contributed by atoms with Crippen molar-refractivity contribution in [2.75, 3.05) is 9.80 Å². The number of anilines is 6. The first-order valence-corrected chi connectivity index (χ1v) is 27.3. The largest absolute Gasteiger partial charge is 0.455 e. The van der Waals surface area contributed by atoms with Crippen molar-refractivity contribution < 1.29 is 8.83 Å². The maximum absolute atomic E-state index is 6.62. The van der Waals surface area contributed by atoms with Crippen molar-refractivity contribution in [2.45, 2.75) is 0 Å². The first-order valence-electron chi connectivity index (χ1n) is 27.3. The summed E-state index contributed by atoms with van der Waals surface area (Å²) in [6.07, 6.45) is 0. The molecule has 16 aromatic rings. The summed E-state index contributed by atoms with van der Waals surface area (Å²) >= 11 is 0. The zero-order valence-electron chi connectivity index (χ0n) is 43.4. The molecule has 2 heterocycles. The summed E-state index contributed by atoms with van der Waals surface area (Å²) in [7, 11) is 0. The highest BCUT2D eigenvalue weighted by molar-refractivity contribution is 6.28. The molecule has 0 fully saturated rings. The fraction of sp³-hybridized carbons (Fsp3) is 0. The summed E-state index contributed by atoms with van der Waals surface area (Å²) < 4.78 is 13.2. The molecule has 0 aliphatic heterocycles. The van der Waals surface area contributed by atoms with E-state index < -0.39 is 0 Å². The molecular formula is C76H48N2O2. The van der Waals surface area contributed by atoms with E-state index in [1.54, 1.807) is 0 Å². The number of hydrogen-bond donors (Lipinski definition) is 0. The van der Waals surface area contributed by atoms with Crippen molar-refractivity contribution in [1.82, 2.24) is 0 Å². The van der Waals surface area contributed by atoms with Gasteiger partial charge in [0.15, 0.2) is 0 Å². The molecule has 4 nitrogen and oxygen atoms in total. The summed E-state index contributed by atoms with van der Waals surface area (Å²) in [4.78, 5) is 4.86. The van der Waals surface area contributed by atoms with Gasteiger partial charge in [-0.25, -0.2) is 0 Å². The smallest absolute Gasteiger partial charge is 0.143 e. The Hall–Kier alpha value is -10.7. The van der Waals surface area contributed by atoms with E-state index in [0.29, 0.717) is 0 Å². The van der Waals surface area contributed by atoms with Crippen molar-refractivity contribution in [1.29, 1.82) is 0 Å². The molecule has 0 aliphatic carbocycles. The van der Waals surface area contributed by atoms with Crippen LogP contribution in [0.4, 0.5) is 34.1 Å². The summed E-state index contributed by atoms with van der Waals surface area (Å²) in [5.74, 6) is 0. The number of para-hydroxylation sites is 4. The van der Waals surface area contributed by atoms with Crippen molar-refractivity contribution in [2.24, 2.45) is 0 Å². The topological polar surface area (TPSA) is 32.8 Å². The first kappa shape index (κ1) is 45.5. The molecular weight excluding hydrogens is 973 g/mol. The lowest BCUT2D eigenvalue weighted by atomic mass is 9.91. The van der Waals surface area contributed by atoms with Crippen molar-refractivity contribution in [3.8, 4) is 44.5 Å². The molecule has 0 amide bonds. The fourth-order valence-corrected chi connectivity index (χ4v) is 12.5. The Bertz CT molecular complexity index is 4680. The molecule has 0 saturated heterocycles. The van der Waals surface area contributed by atoms with Gasteiger partial charge in [-0.05, 0) is 128 Å². The van der Waals surface area contributed by atoms with Gasteiger partial charge in [0.2, 0.25) is 0 Å². The highest BCUT2D eigenvalue weighted by Gasteiger charge is 2.24. The lowest BCUT2D eigenvalue weighted by Gasteiger charge is -2.30. The lowest BCUT2D eigenvalue weighted by molar-refractivity contribution is 0.669. The summed E-state index contributed by atoms with van der Waals surface area (Å²) in [6.45, 7) is 0. The van der Waals surface area contributed by atoms with Gasteiger partial charge in [0.25, 0.3) is 0 Å². The van der Waals surface area contributed by atoms with E-state index in [4.69, 9.17) is 8.83 Å². The summed E-state index contributed by atoms with van der Waals surface area (Å²) in [6, 6.07) is 105. The van der Waals surface area contributed by atoms with E-state index in [0.717, 1.165) is 111 Å². The molecule has 0 radical (unpaired) electrons. The number of benzene rings is 14. The molecule has 16 rings (SSSR count). The maximum Gasteiger partial charge on any atom is 0.143 e. The van der Waals surface area contributed by atoms with Gasteiger partial charge in [-0.3, -0.25) is 0 Å². The third-order valence-electron chi connectivity index (χ3n) is 16.2. The van der Waals surface area contributed by atoms with Crippen LogP contribution in [0.5, 0.6) is 0 Å². The van der Waals surface area contributed by atoms with Crippen LogP contribution in [0.15, 0.2) is 300 Å². The second-order valence-corrected chi connectivity index (χ2v) is 20.8. The average Bonchev–Trinajstić information content (AvgIpc) is 4.21. The number of hydrogen-bond acceptors (Lipinski definition) is 4. The molecule has 0 spiro atoms. The van der Waals surface area contributed by atoms with E-state index in [1.807, 2.05) is 12.1 Å². The fourth-order valence-electron chi connectivity index (χ4n) is 12.5. The molecule has 0 atom stereocenters. The van der Waals surface area contributed by atoms with Crippen LogP contribution >= 0.6 is 0 Å². The molecule has 80 heavy (non-hydrogen) atoms. The molecule has 0 saturated carbocycles. The second kappa shape index (κ2) is 18.5. The number of furan rings is 2. The number of fused-ring (bicyclic) bond motifs is 6. The van der Waals surface area contributed by atoms with E-state index in [2.05, 4.69) is 289 Å². The van der Waals surface area contributed by atoms with Crippen molar-refractivity contribution in [3.05, 3.63) is 291 Å². The predicted molar refractivity (Wildman–Crippen MR) is 336 cm³/mol. The van der Waals surface area contributed by atoms with Crippen LogP contribution in [0.3, 0.4) is 0 Å². The van der Waals surface area contributed by atoms with E-state index in [1.165, 1.54) is 43.8 Å². The Morgan fingerprint density at radius 2 is 0.588 bits per heavy atom. The predicted octanol–water partition coefficient (Wildman–Crippen LogP) is 22.0. The van der Waals surface area contributed by atoms with Gasteiger partial charge in [-0.2, -0.15) is 0 Å². The van der Waals surface area contributed by atoms with Crippen LogP contribution in [0.2, 0.25) is 0 Å². The average molecular weight is 1020 g/mol. The molecule has 0 aliphatic rings. The lowest BCUT2D eigenvalue weighted by Crippen LogP contribution is -2.11. The van der Waals surface area contributed by atoms with Crippen LogP contribution in [0.25, 0.3) is 121 Å². The quantitative estimate of drug-likeness (QED) is 0.128. The van der Waals surface area contributed by atoms with Gasteiger partial charge in [0.1, 0.15) is 22.3 Å². The van der Waals surface area contributed by atoms with Gasteiger partial charge in [0.05, 0.1) is 11.4 Å². The van der Waals surface area contributed by atoms with Gasteiger partial charge < -0.3 is 18.6 Å². The Labute approximate surface area is 462 Å².